The first-order chi connectivity index (χ1) is 9.61. The van der Waals surface area contributed by atoms with Gasteiger partial charge in [0.1, 0.15) is 5.52 Å². The van der Waals surface area contributed by atoms with E-state index in [0.29, 0.717) is 5.65 Å². The Labute approximate surface area is 124 Å². The maximum Gasteiger partial charge on any atom is 0.226 e. The van der Waals surface area contributed by atoms with Crippen LogP contribution in [0.1, 0.15) is 19.8 Å². The Hall–Kier alpha value is -1.40. The third kappa shape index (κ3) is 3.58. The van der Waals surface area contributed by atoms with Crippen LogP contribution in [-0.4, -0.2) is 51.6 Å². The second-order valence-corrected chi connectivity index (χ2v) is 5.37. The molecule has 0 unspecified atom stereocenters. The summed E-state index contributed by atoms with van der Waals surface area (Å²) in [5, 5.41) is 3.58. The van der Waals surface area contributed by atoms with E-state index in [1.165, 1.54) is 0 Å². The number of aromatic nitrogens is 4. The molecule has 0 radical (unpaired) electrons. The predicted molar refractivity (Wildman–Crippen MR) is 82.3 cm³/mol. The zero-order valence-corrected chi connectivity index (χ0v) is 13.0. The average Bonchev–Trinajstić information content (AvgIpc) is 2.78. The van der Waals surface area contributed by atoms with Crippen molar-refractivity contribution in [3.63, 3.8) is 0 Å². The molecule has 1 N–H and O–H groups in total. The van der Waals surface area contributed by atoms with Crippen molar-refractivity contribution in [3.05, 3.63) is 11.6 Å². The molecule has 0 spiro atoms. The molecule has 2 aromatic heterocycles. The molecule has 2 heterocycles. The average molecular weight is 297 g/mol. The van der Waals surface area contributed by atoms with Crippen LogP contribution in [0, 0.1) is 0 Å². The molecule has 0 bridgehead atoms. The lowest BCUT2D eigenvalue weighted by molar-refractivity contribution is 0.405. The van der Waals surface area contributed by atoms with E-state index in [1.807, 2.05) is 0 Å². The molecular formula is C13H21ClN6. The van der Waals surface area contributed by atoms with Gasteiger partial charge in [0.2, 0.25) is 5.28 Å². The first-order valence-corrected chi connectivity index (χ1v) is 7.26. The maximum absolute atomic E-state index is 5.95. The summed E-state index contributed by atoms with van der Waals surface area (Å²) in [6.45, 7) is 4.90. The van der Waals surface area contributed by atoms with Crippen molar-refractivity contribution < 1.29 is 0 Å². The van der Waals surface area contributed by atoms with Crippen LogP contribution in [0.4, 0.5) is 5.82 Å². The number of nitrogens with zero attached hydrogens (tertiary/aromatic N) is 5. The summed E-state index contributed by atoms with van der Waals surface area (Å²) < 4.78 is 2.07. The van der Waals surface area contributed by atoms with E-state index in [-0.39, 0.29) is 5.28 Å². The Balaban J connectivity index is 2.19. The number of aryl methyl sites for hydroxylation is 1. The second-order valence-electron chi connectivity index (χ2n) is 5.04. The van der Waals surface area contributed by atoms with Gasteiger partial charge in [0, 0.05) is 13.1 Å². The highest BCUT2D eigenvalue weighted by Gasteiger charge is 2.12. The van der Waals surface area contributed by atoms with Gasteiger partial charge >= 0.3 is 0 Å². The highest BCUT2D eigenvalue weighted by molar-refractivity contribution is 6.28. The van der Waals surface area contributed by atoms with Crippen LogP contribution in [0.25, 0.3) is 11.2 Å². The standard InChI is InChI=1S/C13H21ClN6/c1-4-7-20-9-16-12-10(20)11(17-13(14)18-12)15-6-5-8-19(2)3/h9H,4-8H2,1-3H3,(H,15,17,18). The first kappa shape index (κ1) is 15.0. The Morgan fingerprint density at radius 3 is 2.85 bits per heavy atom. The molecule has 0 aliphatic carbocycles. The summed E-state index contributed by atoms with van der Waals surface area (Å²) in [4.78, 5) is 14.9. The fourth-order valence-corrected chi connectivity index (χ4v) is 2.25. The normalized spacial score (nSPS) is 11.4. The predicted octanol–water partition coefficient (Wildman–Crippen LogP) is 2.25. The summed E-state index contributed by atoms with van der Waals surface area (Å²) in [6.07, 6.45) is 3.87. The second kappa shape index (κ2) is 6.85. The summed E-state index contributed by atoms with van der Waals surface area (Å²) in [5.74, 6) is 0.768. The largest absolute Gasteiger partial charge is 0.368 e. The fourth-order valence-electron chi connectivity index (χ4n) is 2.09. The van der Waals surface area contributed by atoms with Crippen molar-refractivity contribution >= 4 is 28.6 Å². The lowest BCUT2D eigenvalue weighted by Gasteiger charge is -2.12. The molecule has 0 fully saturated rings. The van der Waals surface area contributed by atoms with Gasteiger partial charge in [-0.15, -0.1) is 0 Å². The van der Waals surface area contributed by atoms with Crippen LogP contribution in [0.15, 0.2) is 6.33 Å². The van der Waals surface area contributed by atoms with Crippen molar-refractivity contribution in [2.24, 2.45) is 0 Å². The quantitative estimate of drug-likeness (QED) is 0.627. The van der Waals surface area contributed by atoms with Gasteiger partial charge in [-0.25, -0.2) is 4.98 Å². The molecule has 2 aromatic rings. The van der Waals surface area contributed by atoms with Gasteiger partial charge in [0.25, 0.3) is 0 Å². The van der Waals surface area contributed by atoms with Crippen molar-refractivity contribution in [2.75, 3.05) is 32.5 Å². The Kier molecular flexibility index (Phi) is 5.14. The zero-order valence-electron chi connectivity index (χ0n) is 12.2. The van der Waals surface area contributed by atoms with Crippen LogP contribution in [0.2, 0.25) is 5.28 Å². The number of anilines is 1. The summed E-state index contributed by atoms with van der Waals surface area (Å²) in [7, 11) is 4.13. The molecule has 0 saturated heterocycles. The van der Waals surface area contributed by atoms with Crippen LogP contribution in [-0.2, 0) is 6.54 Å². The molecule has 20 heavy (non-hydrogen) atoms. The number of halogens is 1. The lowest BCUT2D eigenvalue weighted by atomic mass is 10.4. The van der Waals surface area contributed by atoms with Gasteiger partial charge < -0.3 is 14.8 Å². The van der Waals surface area contributed by atoms with Crippen LogP contribution >= 0.6 is 11.6 Å². The number of nitrogens with one attached hydrogen (secondary N) is 1. The SMILES string of the molecule is CCCn1cnc2nc(Cl)nc(NCCCN(C)C)c21. The molecule has 6 nitrogen and oxygen atoms in total. The number of fused-ring (bicyclic) bond motifs is 1. The molecule has 0 aliphatic heterocycles. The Bertz CT molecular complexity index is 565. The van der Waals surface area contributed by atoms with Crippen molar-refractivity contribution in [3.8, 4) is 0 Å². The summed E-state index contributed by atoms with van der Waals surface area (Å²) in [6, 6.07) is 0. The highest BCUT2D eigenvalue weighted by atomic mass is 35.5. The molecule has 0 amide bonds. The van der Waals surface area contributed by atoms with Gasteiger partial charge in [-0.2, -0.15) is 9.97 Å². The number of hydrogen-bond donors (Lipinski definition) is 1. The summed E-state index contributed by atoms with van der Waals surface area (Å²) in [5.41, 5.74) is 1.58. The van der Waals surface area contributed by atoms with Gasteiger partial charge in [-0.1, -0.05) is 6.92 Å². The van der Waals surface area contributed by atoms with E-state index in [1.54, 1.807) is 6.33 Å². The van der Waals surface area contributed by atoms with E-state index >= 15 is 0 Å². The van der Waals surface area contributed by atoms with E-state index in [9.17, 15) is 0 Å². The van der Waals surface area contributed by atoms with Crippen molar-refractivity contribution in [1.29, 1.82) is 0 Å². The van der Waals surface area contributed by atoms with Crippen LogP contribution < -0.4 is 5.32 Å². The first-order valence-electron chi connectivity index (χ1n) is 6.88. The third-order valence-corrected chi connectivity index (χ3v) is 3.15. The third-order valence-electron chi connectivity index (χ3n) is 2.98. The minimum Gasteiger partial charge on any atom is -0.368 e. The van der Waals surface area contributed by atoms with Crippen molar-refractivity contribution in [1.82, 2.24) is 24.4 Å². The van der Waals surface area contributed by atoms with Gasteiger partial charge in [-0.05, 0) is 45.1 Å². The number of hydrogen-bond acceptors (Lipinski definition) is 5. The van der Waals surface area contributed by atoms with Crippen molar-refractivity contribution in [2.45, 2.75) is 26.3 Å². The molecular weight excluding hydrogens is 276 g/mol. The minimum atomic E-state index is 0.231. The molecule has 7 heteroatoms. The van der Waals surface area contributed by atoms with Gasteiger partial charge in [0.05, 0.1) is 6.33 Å². The monoisotopic (exact) mass is 296 g/mol. The molecule has 2 rings (SSSR count). The topological polar surface area (TPSA) is 58.9 Å². The lowest BCUT2D eigenvalue weighted by Crippen LogP contribution is -2.17. The Morgan fingerprint density at radius 2 is 2.15 bits per heavy atom. The molecule has 0 atom stereocenters. The smallest absolute Gasteiger partial charge is 0.226 e. The van der Waals surface area contributed by atoms with Crippen LogP contribution in [0.3, 0.4) is 0 Å². The maximum atomic E-state index is 5.95. The van der Waals surface area contributed by atoms with E-state index in [4.69, 9.17) is 11.6 Å². The molecule has 0 saturated carbocycles. The van der Waals surface area contributed by atoms with Gasteiger partial charge in [0.15, 0.2) is 11.5 Å². The fraction of sp³-hybridized carbons (Fsp3) is 0.615. The zero-order chi connectivity index (χ0) is 14.5. The highest BCUT2D eigenvalue weighted by Crippen LogP contribution is 2.21. The number of imidazole rings is 1. The molecule has 110 valence electrons. The van der Waals surface area contributed by atoms with E-state index in [0.717, 1.165) is 43.8 Å². The molecule has 0 aromatic carbocycles. The Morgan fingerprint density at radius 1 is 1.35 bits per heavy atom. The van der Waals surface area contributed by atoms with Gasteiger partial charge in [-0.3, -0.25) is 0 Å². The summed E-state index contributed by atoms with van der Waals surface area (Å²) >= 11 is 5.95. The number of rotatable bonds is 7. The minimum absolute atomic E-state index is 0.231. The van der Waals surface area contributed by atoms with E-state index < -0.39 is 0 Å². The molecule has 0 aliphatic rings. The van der Waals surface area contributed by atoms with E-state index in [2.05, 4.69) is 50.8 Å². The van der Waals surface area contributed by atoms with Crippen LogP contribution in [0.5, 0.6) is 0 Å².